The normalized spacial score (nSPS) is 19.6. The van der Waals surface area contributed by atoms with Crippen LogP contribution in [-0.2, 0) is 9.53 Å². The summed E-state index contributed by atoms with van der Waals surface area (Å²) in [6.07, 6.45) is 1.49. The lowest BCUT2D eigenvalue weighted by molar-refractivity contribution is -0.127. The first-order valence-electron chi connectivity index (χ1n) is 6.57. The maximum atomic E-state index is 11.9. The molecule has 1 N–H and O–H groups in total. The van der Waals surface area contributed by atoms with Crippen LogP contribution in [0.3, 0.4) is 0 Å². The fourth-order valence-electron chi connectivity index (χ4n) is 1.97. The molecule has 1 aromatic rings. The Morgan fingerprint density at radius 3 is 3.05 bits per heavy atom. The number of ether oxygens (including phenoxy) is 2. The predicted octanol–water partition coefficient (Wildman–Crippen LogP) is 3.06. The van der Waals surface area contributed by atoms with E-state index in [0.717, 1.165) is 19.4 Å². The van der Waals surface area contributed by atoms with E-state index in [0.29, 0.717) is 22.3 Å². The number of amides is 1. The molecule has 0 aromatic heterocycles. The van der Waals surface area contributed by atoms with Crippen LogP contribution in [0, 0.1) is 0 Å². The molecule has 1 saturated heterocycles. The van der Waals surface area contributed by atoms with Crippen LogP contribution in [0.25, 0.3) is 0 Å². The Balaban J connectivity index is 1.85. The molecule has 0 aliphatic carbocycles. The molecular formula is C14H17Cl2NO3. The van der Waals surface area contributed by atoms with Gasteiger partial charge in [0.1, 0.15) is 5.75 Å². The second-order valence-corrected chi connectivity index (χ2v) is 5.56. The highest BCUT2D eigenvalue weighted by Gasteiger charge is 2.20. The molecule has 1 aliphatic heterocycles. The summed E-state index contributed by atoms with van der Waals surface area (Å²) in [5, 5.41) is 3.75. The first-order chi connectivity index (χ1) is 9.56. The fourth-order valence-corrected chi connectivity index (χ4v) is 2.30. The summed E-state index contributed by atoms with van der Waals surface area (Å²) >= 11 is 11.9. The predicted molar refractivity (Wildman–Crippen MR) is 78.5 cm³/mol. The molecule has 0 radical (unpaired) electrons. The van der Waals surface area contributed by atoms with E-state index in [1.165, 1.54) is 0 Å². The smallest absolute Gasteiger partial charge is 0.260 e. The quantitative estimate of drug-likeness (QED) is 0.908. The maximum Gasteiger partial charge on any atom is 0.260 e. The van der Waals surface area contributed by atoms with Crippen molar-refractivity contribution in [1.29, 1.82) is 0 Å². The number of halogens is 2. The molecule has 1 aromatic carbocycles. The van der Waals surface area contributed by atoms with E-state index in [2.05, 4.69) is 5.32 Å². The Hall–Kier alpha value is -0.970. The number of rotatable bonds is 5. The number of carbonyl (C=O) groups is 1. The summed E-state index contributed by atoms with van der Waals surface area (Å²) in [4.78, 5) is 11.9. The highest BCUT2D eigenvalue weighted by Crippen LogP contribution is 2.28. The molecular weight excluding hydrogens is 301 g/mol. The van der Waals surface area contributed by atoms with Gasteiger partial charge in [0.25, 0.3) is 5.91 Å². The molecule has 4 nitrogen and oxygen atoms in total. The van der Waals surface area contributed by atoms with Gasteiger partial charge in [0.05, 0.1) is 11.1 Å². The SMILES string of the molecule is C[C@@H](Oc1cc(Cl)ccc1Cl)C(=O)NC[C@@H]1CCCO1. The maximum absolute atomic E-state index is 11.9. The van der Waals surface area contributed by atoms with E-state index in [9.17, 15) is 4.79 Å². The van der Waals surface area contributed by atoms with Gasteiger partial charge in [-0.1, -0.05) is 23.2 Å². The minimum absolute atomic E-state index is 0.112. The highest BCUT2D eigenvalue weighted by molar-refractivity contribution is 6.34. The van der Waals surface area contributed by atoms with Gasteiger partial charge in [-0.2, -0.15) is 0 Å². The molecule has 0 saturated carbocycles. The average Bonchev–Trinajstić information content (AvgIpc) is 2.93. The van der Waals surface area contributed by atoms with Crippen LogP contribution < -0.4 is 10.1 Å². The van der Waals surface area contributed by atoms with E-state index >= 15 is 0 Å². The zero-order valence-electron chi connectivity index (χ0n) is 11.2. The lowest BCUT2D eigenvalue weighted by Gasteiger charge is -2.17. The van der Waals surface area contributed by atoms with Gasteiger partial charge in [0.15, 0.2) is 6.10 Å². The average molecular weight is 318 g/mol. The van der Waals surface area contributed by atoms with Crippen LogP contribution in [0.2, 0.25) is 10.0 Å². The third-order valence-corrected chi connectivity index (χ3v) is 3.64. The van der Waals surface area contributed by atoms with E-state index in [1.54, 1.807) is 25.1 Å². The van der Waals surface area contributed by atoms with E-state index in [-0.39, 0.29) is 12.0 Å². The number of carbonyl (C=O) groups excluding carboxylic acids is 1. The van der Waals surface area contributed by atoms with Gasteiger partial charge in [-0.25, -0.2) is 0 Å². The molecule has 0 bridgehead atoms. The van der Waals surface area contributed by atoms with Crippen molar-refractivity contribution in [2.45, 2.75) is 32.0 Å². The number of hydrogen-bond donors (Lipinski definition) is 1. The van der Waals surface area contributed by atoms with Crippen LogP contribution in [0.15, 0.2) is 18.2 Å². The minimum atomic E-state index is -0.646. The summed E-state index contributed by atoms with van der Waals surface area (Å²) in [6.45, 7) is 2.95. The van der Waals surface area contributed by atoms with Crippen LogP contribution in [-0.4, -0.2) is 31.3 Å². The van der Waals surface area contributed by atoms with E-state index in [4.69, 9.17) is 32.7 Å². The number of nitrogens with one attached hydrogen (secondary N) is 1. The number of hydrogen-bond acceptors (Lipinski definition) is 3. The van der Waals surface area contributed by atoms with Gasteiger partial charge in [0, 0.05) is 24.2 Å². The molecule has 1 heterocycles. The molecule has 2 rings (SSSR count). The summed E-state index contributed by atoms with van der Waals surface area (Å²) < 4.78 is 11.0. The van der Waals surface area contributed by atoms with E-state index in [1.807, 2.05) is 0 Å². The Morgan fingerprint density at radius 1 is 1.55 bits per heavy atom. The van der Waals surface area contributed by atoms with Crippen molar-refractivity contribution >= 4 is 29.1 Å². The van der Waals surface area contributed by atoms with Crippen molar-refractivity contribution in [3.05, 3.63) is 28.2 Å². The molecule has 0 spiro atoms. The molecule has 1 aliphatic rings. The highest BCUT2D eigenvalue weighted by atomic mass is 35.5. The Kier molecular flexibility index (Phi) is 5.52. The molecule has 0 unspecified atom stereocenters. The summed E-state index contributed by atoms with van der Waals surface area (Å²) in [5.41, 5.74) is 0. The third-order valence-electron chi connectivity index (χ3n) is 3.09. The van der Waals surface area contributed by atoms with Crippen molar-refractivity contribution in [3.8, 4) is 5.75 Å². The molecule has 2 atom stereocenters. The third kappa shape index (κ3) is 4.27. The fraction of sp³-hybridized carbons (Fsp3) is 0.500. The first-order valence-corrected chi connectivity index (χ1v) is 7.33. The Morgan fingerprint density at radius 2 is 2.35 bits per heavy atom. The Bertz CT molecular complexity index is 475. The van der Waals surface area contributed by atoms with Crippen molar-refractivity contribution in [3.63, 3.8) is 0 Å². The summed E-state index contributed by atoms with van der Waals surface area (Å²) in [5.74, 6) is 0.204. The second-order valence-electron chi connectivity index (χ2n) is 4.72. The van der Waals surface area contributed by atoms with Crippen LogP contribution in [0.5, 0.6) is 5.75 Å². The topological polar surface area (TPSA) is 47.6 Å². The zero-order chi connectivity index (χ0) is 14.5. The standard InChI is InChI=1S/C14H17Cl2NO3/c1-9(14(18)17-8-11-3-2-6-19-11)20-13-7-10(15)4-5-12(13)16/h4-5,7,9,11H,2-3,6,8H2,1H3,(H,17,18)/t9-,11+/m1/s1. The molecule has 6 heteroatoms. The minimum Gasteiger partial charge on any atom is -0.479 e. The van der Waals surface area contributed by atoms with Gasteiger partial charge in [0.2, 0.25) is 0 Å². The van der Waals surface area contributed by atoms with Crippen molar-refractivity contribution in [2.24, 2.45) is 0 Å². The lowest BCUT2D eigenvalue weighted by Crippen LogP contribution is -2.40. The lowest BCUT2D eigenvalue weighted by atomic mass is 10.2. The first kappa shape index (κ1) is 15.4. The summed E-state index contributed by atoms with van der Waals surface area (Å²) in [7, 11) is 0. The number of benzene rings is 1. The van der Waals surface area contributed by atoms with Crippen LogP contribution in [0.1, 0.15) is 19.8 Å². The molecule has 1 fully saturated rings. The van der Waals surface area contributed by atoms with Gasteiger partial charge in [-0.3, -0.25) is 4.79 Å². The summed E-state index contributed by atoms with van der Waals surface area (Å²) in [6, 6.07) is 4.89. The van der Waals surface area contributed by atoms with Gasteiger partial charge >= 0.3 is 0 Å². The van der Waals surface area contributed by atoms with Crippen LogP contribution >= 0.6 is 23.2 Å². The Labute approximate surface area is 128 Å². The molecule has 110 valence electrons. The monoisotopic (exact) mass is 317 g/mol. The van der Waals surface area contributed by atoms with Crippen LogP contribution in [0.4, 0.5) is 0 Å². The van der Waals surface area contributed by atoms with Crippen molar-refractivity contribution in [2.75, 3.05) is 13.2 Å². The van der Waals surface area contributed by atoms with Gasteiger partial charge in [-0.15, -0.1) is 0 Å². The second kappa shape index (κ2) is 7.16. The largest absolute Gasteiger partial charge is 0.479 e. The molecule has 20 heavy (non-hydrogen) atoms. The van der Waals surface area contributed by atoms with Crippen molar-refractivity contribution in [1.82, 2.24) is 5.32 Å². The van der Waals surface area contributed by atoms with Crippen molar-refractivity contribution < 1.29 is 14.3 Å². The van der Waals surface area contributed by atoms with Gasteiger partial charge in [-0.05, 0) is 31.9 Å². The van der Waals surface area contributed by atoms with E-state index < -0.39 is 6.10 Å². The zero-order valence-corrected chi connectivity index (χ0v) is 12.7. The molecule has 1 amide bonds. The van der Waals surface area contributed by atoms with Gasteiger partial charge < -0.3 is 14.8 Å².